The Hall–Kier alpha value is -2.92. The second-order valence-corrected chi connectivity index (χ2v) is 7.69. The number of methoxy groups -OCH3 is 1. The number of fused-ring (bicyclic) bond motifs is 2. The lowest BCUT2D eigenvalue weighted by Gasteiger charge is -2.24. The molecular formula is C23H23ClN2O3. The zero-order valence-corrected chi connectivity index (χ0v) is 17.7. The molecule has 0 aliphatic carbocycles. The number of halogens is 1. The van der Waals surface area contributed by atoms with Gasteiger partial charge in [0, 0.05) is 37.4 Å². The van der Waals surface area contributed by atoms with E-state index in [0.29, 0.717) is 23.1 Å². The monoisotopic (exact) mass is 410 g/mol. The average Bonchev–Trinajstić information content (AvgIpc) is 3.23. The molecule has 1 atom stereocenters. The van der Waals surface area contributed by atoms with Crippen LogP contribution in [0.5, 0.6) is 5.75 Å². The van der Waals surface area contributed by atoms with Crippen molar-refractivity contribution >= 4 is 35.0 Å². The zero-order chi connectivity index (χ0) is 20.8. The van der Waals surface area contributed by atoms with E-state index in [0.717, 1.165) is 22.5 Å². The summed E-state index contributed by atoms with van der Waals surface area (Å²) >= 11 is 5.97. The van der Waals surface area contributed by atoms with Crippen LogP contribution >= 0.6 is 11.6 Å². The van der Waals surface area contributed by atoms with E-state index in [1.807, 2.05) is 80.5 Å². The van der Waals surface area contributed by atoms with E-state index in [9.17, 15) is 4.79 Å². The molecule has 0 saturated carbocycles. The van der Waals surface area contributed by atoms with Gasteiger partial charge < -0.3 is 19.3 Å². The molecule has 0 N–H and O–H groups in total. The van der Waals surface area contributed by atoms with E-state index in [4.69, 9.17) is 21.1 Å². The molecule has 4 rings (SSSR count). The molecule has 2 aromatic rings. The van der Waals surface area contributed by atoms with Gasteiger partial charge in [-0.05, 0) is 48.9 Å². The van der Waals surface area contributed by atoms with Gasteiger partial charge >= 0.3 is 0 Å². The first-order valence-corrected chi connectivity index (χ1v) is 9.84. The Bertz CT molecular complexity index is 1030. The summed E-state index contributed by atoms with van der Waals surface area (Å²) in [6, 6.07) is 11.4. The lowest BCUT2D eigenvalue weighted by atomic mass is 9.94. The summed E-state index contributed by atoms with van der Waals surface area (Å²) in [5.41, 5.74) is 2.26. The van der Waals surface area contributed by atoms with E-state index in [2.05, 4.69) is 0 Å². The van der Waals surface area contributed by atoms with Crippen molar-refractivity contribution in [3.8, 4) is 5.75 Å². The van der Waals surface area contributed by atoms with Gasteiger partial charge in [-0.1, -0.05) is 23.7 Å². The van der Waals surface area contributed by atoms with Crippen molar-refractivity contribution in [3.05, 3.63) is 70.5 Å². The van der Waals surface area contributed by atoms with Crippen LogP contribution < -0.4 is 14.5 Å². The molecule has 1 spiro atoms. The first-order chi connectivity index (χ1) is 13.9. The molecule has 0 saturated heterocycles. The third-order valence-electron chi connectivity index (χ3n) is 5.28. The highest BCUT2D eigenvalue weighted by Gasteiger charge is 2.55. The molecule has 150 valence electrons. The van der Waals surface area contributed by atoms with Gasteiger partial charge in [-0.15, -0.1) is 0 Å². The number of hydrogen-bond donors (Lipinski definition) is 0. The maximum Gasteiger partial charge on any atom is 0.280 e. The molecular weight excluding hydrogens is 388 g/mol. The molecule has 0 fully saturated rings. The summed E-state index contributed by atoms with van der Waals surface area (Å²) in [4.78, 5) is 17.2. The van der Waals surface area contributed by atoms with Crippen LogP contribution in [0.15, 0.2) is 54.3 Å². The van der Waals surface area contributed by atoms with Crippen LogP contribution in [0, 0.1) is 0 Å². The minimum atomic E-state index is -1.21. The number of allylic oxidation sites excluding steroid dienone is 1. The maximum absolute atomic E-state index is 13.4. The Morgan fingerprint density at radius 3 is 2.59 bits per heavy atom. The third kappa shape index (κ3) is 3.06. The van der Waals surface area contributed by atoms with Crippen molar-refractivity contribution in [3.63, 3.8) is 0 Å². The van der Waals surface area contributed by atoms with Gasteiger partial charge in [0.2, 0.25) is 5.60 Å². The predicted octanol–water partition coefficient (Wildman–Crippen LogP) is 4.60. The highest BCUT2D eigenvalue weighted by atomic mass is 35.5. The summed E-state index contributed by atoms with van der Waals surface area (Å²) in [6.45, 7) is 2.50. The Kier molecular flexibility index (Phi) is 4.79. The van der Waals surface area contributed by atoms with Crippen LogP contribution in [-0.4, -0.2) is 33.7 Å². The van der Waals surface area contributed by atoms with E-state index >= 15 is 0 Å². The standard InChI is InChI=1S/C23H23ClN2O3/c1-5-26-19-13-17(25(2)3)14-20(28-4)21(19)23(22(26)27)11-10-18(29-23)12-15-6-8-16(24)9-7-15/h6-14H,5H2,1-4H3/b18-12-. The van der Waals surface area contributed by atoms with Crippen LogP contribution in [0.2, 0.25) is 5.02 Å². The number of amides is 1. The molecule has 2 heterocycles. The highest BCUT2D eigenvalue weighted by Crippen LogP contribution is 2.53. The normalized spacial score (nSPS) is 21.1. The molecule has 0 bridgehead atoms. The van der Waals surface area contributed by atoms with Gasteiger partial charge in [-0.25, -0.2) is 0 Å². The van der Waals surface area contributed by atoms with Crippen molar-refractivity contribution < 1.29 is 14.3 Å². The molecule has 29 heavy (non-hydrogen) atoms. The lowest BCUT2D eigenvalue weighted by molar-refractivity contribution is -0.132. The fourth-order valence-electron chi connectivity index (χ4n) is 3.83. The first-order valence-electron chi connectivity index (χ1n) is 9.47. The van der Waals surface area contributed by atoms with E-state index in [1.54, 1.807) is 12.0 Å². The summed E-state index contributed by atoms with van der Waals surface area (Å²) < 4.78 is 12.0. The summed E-state index contributed by atoms with van der Waals surface area (Å²) in [5, 5.41) is 0.673. The second kappa shape index (κ2) is 7.16. The third-order valence-corrected chi connectivity index (χ3v) is 5.54. The van der Waals surface area contributed by atoms with Crippen LogP contribution in [-0.2, 0) is 15.1 Å². The Morgan fingerprint density at radius 2 is 1.97 bits per heavy atom. The van der Waals surface area contributed by atoms with Gasteiger partial charge in [0.15, 0.2) is 0 Å². The summed E-state index contributed by atoms with van der Waals surface area (Å²) in [5.74, 6) is 1.14. The van der Waals surface area contributed by atoms with Crippen molar-refractivity contribution in [2.75, 3.05) is 37.5 Å². The molecule has 2 aromatic carbocycles. The number of anilines is 2. The fourth-order valence-corrected chi connectivity index (χ4v) is 3.95. The van der Waals surface area contributed by atoms with Gasteiger partial charge in [0.25, 0.3) is 5.91 Å². The average molecular weight is 411 g/mol. The topological polar surface area (TPSA) is 42.0 Å². The SMILES string of the molecule is CCN1C(=O)C2(C=C/C(=C/c3ccc(Cl)cc3)O2)c2c(OC)cc(N(C)C)cc21. The van der Waals surface area contributed by atoms with Gasteiger partial charge in [0.05, 0.1) is 18.4 Å². The maximum atomic E-state index is 13.4. The van der Waals surface area contributed by atoms with E-state index in [-0.39, 0.29) is 5.91 Å². The van der Waals surface area contributed by atoms with Crippen LogP contribution in [0.25, 0.3) is 6.08 Å². The fraction of sp³-hybridized carbons (Fsp3) is 0.261. The zero-order valence-electron chi connectivity index (χ0n) is 16.9. The molecule has 6 heteroatoms. The molecule has 2 aliphatic heterocycles. The van der Waals surface area contributed by atoms with Crippen molar-refractivity contribution in [1.82, 2.24) is 0 Å². The molecule has 2 aliphatic rings. The Balaban J connectivity index is 1.81. The van der Waals surface area contributed by atoms with Crippen LogP contribution in [0.1, 0.15) is 18.1 Å². The number of hydrogen-bond acceptors (Lipinski definition) is 4. The quantitative estimate of drug-likeness (QED) is 0.738. The van der Waals surface area contributed by atoms with Gasteiger partial charge in [-0.2, -0.15) is 0 Å². The van der Waals surface area contributed by atoms with Crippen LogP contribution in [0.3, 0.4) is 0 Å². The number of likely N-dealkylation sites (N-methyl/N-ethyl adjacent to an activating group) is 1. The predicted molar refractivity (Wildman–Crippen MR) is 117 cm³/mol. The Morgan fingerprint density at radius 1 is 1.24 bits per heavy atom. The van der Waals surface area contributed by atoms with Gasteiger partial charge in [-0.3, -0.25) is 4.79 Å². The van der Waals surface area contributed by atoms with Crippen molar-refractivity contribution in [2.45, 2.75) is 12.5 Å². The number of benzene rings is 2. The van der Waals surface area contributed by atoms with E-state index in [1.165, 1.54) is 0 Å². The number of rotatable bonds is 4. The minimum Gasteiger partial charge on any atom is -0.496 e. The summed E-state index contributed by atoms with van der Waals surface area (Å²) in [6.07, 6.45) is 5.56. The number of nitrogens with zero attached hydrogens (tertiary/aromatic N) is 2. The largest absolute Gasteiger partial charge is 0.496 e. The smallest absolute Gasteiger partial charge is 0.280 e. The van der Waals surface area contributed by atoms with Crippen LogP contribution in [0.4, 0.5) is 11.4 Å². The number of carbonyl (C=O) groups excluding carboxylic acids is 1. The minimum absolute atomic E-state index is 0.111. The van der Waals surface area contributed by atoms with Gasteiger partial charge in [0.1, 0.15) is 11.5 Å². The van der Waals surface area contributed by atoms with E-state index < -0.39 is 5.60 Å². The highest BCUT2D eigenvalue weighted by molar-refractivity contribution is 6.30. The molecule has 0 radical (unpaired) electrons. The lowest BCUT2D eigenvalue weighted by Crippen LogP contribution is -2.39. The van der Waals surface area contributed by atoms with Crippen molar-refractivity contribution in [1.29, 1.82) is 0 Å². The second-order valence-electron chi connectivity index (χ2n) is 7.26. The first kappa shape index (κ1) is 19.4. The number of carbonyl (C=O) groups is 1. The molecule has 1 unspecified atom stereocenters. The molecule has 1 amide bonds. The summed E-state index contributed by atoms with van der Waals surface area (Å²) in [7, 11) is 5.54. The molecule has 0 aromatic heterocycles. The Labute approximate surface area is 175 Å². The number of ether oxygens (including phenoxy) is 2. The molecule has 5 nitrogen and oxygen atoms in total. The van der Waals surface area contributed by atoms with Crippen molar-refractivity contribution in [2.24, 2.45) is 0 Å².